The van der Waals surface area contributed by atoms with Gasteiger partial charge in [0.2, 0.25) is 0 Å². The van der Waals surface area contributed by atoms with E-state index in [0.717, 1.165) is 5.56 Å². The van der Waals surface area contributed by atoms with Gasteiger partial charge in [-0.2, -0.15) is 5.26 Å². The zero-order valence-corrected chi connectivity index (χ0v) is 12.3. The molecule has 4 nitrogen and oxygen atoms in total. The van der Waals surface area contributed by atoms with Gasteiger partial charge in [0.05, 0.1) is 29.3 Å². The van der Waals surface area contributed by atoms with Crippen LogP contribution in [0.4, 0.5) is 0 Å². The molecule has 0 radical (unpaired) electrons. The van der Waals surface area contributed by atoms with Crippen LogP contribution >= 0.6 is 11.6 Å². The van der Waals surface area contributed by atoms with E-state index < -0.39 is 18.3 Å². The molecule has 100 valence electrons. The zero-order valence-electron chi connectivity index (χ0n) is 11.5. The zero-order chi connectivity index (χ0) is 14.3. The molecule has 0 amide bonds. The minimum atomic E-state index is -0.554. The van der Waals surface area contributed by atoms with Gasteiger partial charge in [0.15, 0.2) is 0 Å². The SMILES string of the molecule is CC1(C)OB(c2cc(CC#N)cc(Cl)n2)OC1(C)C. The van der Waals surface area contributed by atoms with E-state index in [1.807, 2.05) is 27.7 Å². The molecule has 0 N–H and O–H groups in total. The first-order valence-electron chi connectivity index (χ1n) is 6.14. The van der Waals surface area contributed by atoms with Crippen LogP contribution in [0, 0.1) is 11.3 Å². The fourth-order valence-electron chi connectivity index (χ4n) is 1.85. The van der Waals surface area contributed by atoms with E-state index in [1.54, 1.807) is 12.1 Å². The summed E-state index contributed by atoms with van der Waals surface area (Å²) in [6.07, 6.45) is 0.286. The molecule has 0 bridgehead atoms. The lowest BCUT2D eigenvalue weighted by molar-refractivity contribution is 0.00578. The maximum Gasteiger partial charge on any atom is 0.514 e. The van der Waals surface area contributed by atoms with E-state index in [9.17, 15) is 0 Å². The Hall–Kier alpha value is -1.09. The van der Waals surface area contributed by atoms with E-state index in [4.69, 9.17) is 26.2 Å². The lowest BCUT2D eigenvalue weighted by Gasteiger charge is -2.32. The highest BCUT2D eigenvalue weighted by molar-refractivity contribution is 6.61. The number of pyridine rings is 1. The molecule has 0 aliphatic carbocycles. The maximum atomic E-state index is 8.76. The molecule has 0 spiro atoms. The van der Waals surface area contributed by atoms with Gasteiger partial charge in [-0.25, -0.2) is 4.98 Å². The fourth-order valence-corrected chi connectivity index (χ4v) is 2.09. The molecule has 2 heterocycles. The number of aromatic nitrogens is 1. The second-order valence-electron chi connectivity index (χ2n) is 5.65. The molecule has 1 aliphatic heterocycles. The topological polar surface area (TPSA) is 55.1 Å². The molecule has 1 fully saturated rings. The summed E-state index contributed by atoms with van der Waals surface area (Å²) in [7, 11) is -0.554. The first-order valence-corrected chi connectivity index (χ1v) is 6.52. The summed E-state index contributed by atoms with van der Waals surface area (Å²) in [5, 5.41) is 9.10. The molecular formula is C13H16BClN2O2. The van der Waals surface area contributed by atoms with E-state index >= 15 is 0 Å². The number of nitriles is 1. The number of nitrogens with zero attached hydrogens (tertiary/aromatic N) is 2. The van der Waals surface area contributed by atoms with E-state index in [2.05, 4.69) is 11.1 Å². The van der Waals surface area contributed by atoms with Crippen molar-refractivity contribution in [2.75, 3.05) is 0 Å². The lowest BCUT2D eigenvalue weighted by atomic mass is 9.83. The molecule has 0 saturated carbocycles. The predicted octanol–water partition coefficient (Wildman–Crippen LogP) is 2.10. The molecule has 0 unspecified atom stereocenters. The number of hydrogen-bond donors (Lipinski definition) is 0. The highest BCUT2D eigenvalue weighted by Gasteiger charge is 2.52. The van der Waals surface area contributed by atoms with Gasteiger partial charge in [-0.1, -0.05) is 11.6 Å². The molecule has 1 saturated heterocycles. The van der Waals surface area contributed by atoms with Crippen LogP contribution in [0.1, 0.15) is 33.3 Å². The molecule has 1 aliphatic rings. The van der Waals surface area contributed by atoms with Gasteiger partial charge < -0.3 is 9.31 Å². The summed E-state index contributed by atoms with van der Waals surface area (Å²) in [4.78, 5) is 4.24. The Kier molecular flexibility index (Phi) is 3.61. The van der Waals surface area contributed by atoms with Crippen molar-refractivity contribution in [3.8, 4) is 6.07 Å². The number of rotatable bonds is 2. The first-order chi connectivity index (χ1) is 8.75. The third-order valence-corrected chi connectivity index (χ3v) is 3.85. The molecule has 0 atom stereocenters. The molecular weight excluding hydrogens is 262 g/mol. The van der Waals surface area contributed by atoms with Crippen LogP contribution in [0.25, 0.3) is 0 Å². The third-order valence-electron chi connectivity index (χ3n) is 3.65. The highest BCUT2D eigenvalue weighted by atomic mass is 35.5. The minimum Gasteiger partial charge on any atom is -0.398 e. The van der Waals surface area contributed by atoms with Gasteiger partial charge in [-0.15, -0.1) is 0 Å². The Bertz CT molecular complexity index is 524. The smallest absolute Gasteiger partial charge is 0.398 e. The summed E-state index contributed by atoms with van der Waals surface area (Å²) < 4.78 is 11.8. The van der Waals surface area contributed by atoms with E-state index in [-0.39, 0.29) is 6.42 Å². The second-order valence-corrected chi connectivity index (χ2v) is 6.03. The predicted molar refractivity (Wildman–Crippen MR) is 74.3 cm³/mol. The van der Waals surface area contributed by atoms with Gasteiger partial charge in [0.1, 0.15) is 5.15 Å². The quantitative estimate of drug-likeness (QED) is 0.614. The van der Waals surface area contributed by atoms with Gasteiger partial charge in [0.25, 0.3) is 0 Å². The Morgan fingerprint density at radius 1 is 1.26 bits per heavy atom. The summed E-state index contributed by atoms with van der Waals surface area (Å²) in [6.45, 7) is 7.92. The van der Waals surface area contributed by atoms with Gasteiger partial charge >= 0.3 is 7.12 Å². The summed E-state index contributed by atoms with van der Waals surface area (Å²) in [5.74, 6) is 0. The van der Waals surface area contributed by atoms with E-state index in [0.29, 0.717) is 10.7 Å². The van der Waals surface area contributed by atoms with E-state index in [1.165, 1.54) is 0 Å². The molecule has 6 heteroatoms. The molecule has 2 rings (SSSR count). The average molecular weight is 279 g/mol. The van der Waals surface area contributed by atoms with Crippen LogP contribution in [0.15, 0.2) is 12.1 Å². The van der Waals surface area contributed by atoms with Crippen molar-refractivity contribution >= 4 is 24.3 Å². The van der Waals surface area contributed by atoms with Crippen LogP contribution in [-0.2, 0) is 15.7 Å². The van der Waals surface area contributed by atoms with Crippen molar-refractivity contribution in [2.45, 2.75) is 45.3 Å². The Labute approximate surface area is 118 Å². The Morgan fingerprint density at radius 2 is 1.84 bits per heavy atom. The largest absolute Gasteiger partial charge is 0.514 e. The maximum absolute atomic E-state index is 8.76. The number of halogens is 1. The van der Waals surface area contributed by atoms with Gasteiger partial charge in [-0.3, -0.25) is 0 Å². The van der Waals surface area contributed by atoms with Crippen molar-refractivity contribution in [3.05, 3.63) is 22.8 Å². The van der Waals surface area contributed by atoms with Crippen LogP contribution in [-0.4, -0.2) is 23.3 Å². The second kappa shape index (κ2) is 4.79. The van der Waals surface area contributed by atoms with Crippen LogP contribution in [0.5, 0.6) is 0 Å². The molecule has 19 heavy (non-hydrogen) atoms. The molecule has 1 aromatic rings. The van der Waals surface area contributed by atoms with Crippen molar-refractivity contribution < 1.29 is 9.31 Å². The van der Waals surface area contributed by atoms with Crippen molar-refractivity contribution in [1.82, 2.24) is 4.98 Å². The van der Waals surface area contributed by atoms with Crippen molar-refractivity contribution in [1.29, 1.82) is 5.26 Å². The Balaban J connectivity index is 2.32. The standard InChI is InChI=1S/C13H16BClN2O2/c1-12(2)13(3,4)19-14(18-12)10-7-9(5-6-16)8-11(15)17-10/h7-8H,5H2,1-4H3. The summed E-state index contributed by atoms with van der Waals surface area (Å²) in [6, 6.07) is 5.58. The molecule has 0 aromatic carbocycles. The normalized spacial score (nSPS) is 20.3. The van der Waals surface area contributed by atoms with Crippen molar-refractivity contribution in [3.63, 3.8) is 0 Å². The minimum absolute atomic E-state index is 0.286. The Morgan fingerprint density at radius 3 is 2.37 bits per heavy atom. The highest BCUT2D eigenvalue weighted by Crippen LogP contribution is 2.36. The van der Waals surface area contributed by atoms with Crippen molar-refractivity contribution in [2.24, 2.45) is 0 Å². The summed E-state index contributed by atoms with van der Waals surface area (Å²) >= 11 is 5.97. The molecule has 1 aromatic heterocycles. The van der Waals surface area contributed by atoms with Gasteiger partial charge in [0, 0.05) is 0 Å². The lowest BCUT2D eigenvalue weighted by Crippen LogP contribution is -2.41. The first kappa shape index (κ1) is 14.3. The fraction of sp³-hybridized carbons (Fsp3) is 0.538. The average Bonchev–Trinajstić information content (AvgIpc) is 2.48. The monoisotopic (exact) mass is 278 g/mol. The van der Waals surface area contributed by atoms with Crippen LogP contribution < -0.4 is 5.59 Å². The van der Waals surface area contributed by atoms with Crippen LogP contribution in [0.2, 0.25) is 5.15 Å². The third kappa shape index (κ3) is 2.76. The van der Waals surface area contributed by atoms with Gasteiger partial charge in [-0.05, 0) is 45.4 Å². The number of hydrogen-bond acceptors (Lipinski definition) is 4. The van der Waals surface area contributed by atoms with Crippen LogP contribution in [0.3, 0.4) is 0 Å². The summed E-state index contributed by atoms with van der Waals surface area (Å²) in [5.41, 5.74) is 0.581.